The van der Waals surface area contributed by atoms with Crippen LogP contribution in [0.5, 0.6) is 11.5 Å². The fraction of sp³-hybridized carbons (Fsp3) is 0.368. The molecule has 0 radical (unpaired) electrons. The van der Waals surface area contributed by atoms with E-state index in [4.69, 9.17) is 14.2 Å². The van der Waals surface area contributed by atoms with Crippen LogP contribution >= 0.6 is 0 Å². The topological polar surface area (TPSA) is 87.0 Å². The molecule has 7 heteroatoms. The van der Waals surface area contributed by atoms with Crippen LogP contribution in [0.3, 0.4) is 0 Å². The van der Waals surface area contributed by atoms with E-state index in [0.717, 1.165) is 31.5 Å². The number of aromatic nitrogens is 1. The normalized spacial score (nSPS) is 15.3. The van der Waals surface area contributed by atoms with Gasteiger partial charge in [-0.3, -0.25) is 0 Å². The smallest absolute Gasteiger partial charge is 0.339 e. The second-order valence-corrected chi connectivity index (χ2v) is 6.34. The lowest BCUT2D eigenvalue weighted by Crippen LogP contribution is -2.17. The summed E-state index contributed by atoms with van der Waals surface area (Å²) in [5, 5.41) is 9.70. The van der Waals surface area contributed by atoms with E-state index in [1.165, 1.54) is 13.2 Å². The van der Waals surface area contributed by atoms with Gasteiger partial charge in [-0.25, -0.2) is 9.59 Å². The van der Waals surface area contributed by atoms with Crippen LogP contribution in [0, 0.1) is 0 Å². The molecule has 0 saturated heterocycles. The third-order valence-corrected chi connectivity index (χ3v) is 4.85. The molecule has 3 heterocycles. The lowest BCUT2D eigenvalue weighted by atomic mass is 10.0. The molecule has 0 aliphatic carbocycles. The van der Waals surface area contributed by atoms with E-state index in [9.17, 15) is 14.7 Å². The minimum absolute atomic E-state index is 0.122. The molecule has 0 saturated carbocycles. The summed E-state index contributed by atoms with van der Waals surface area (Å²) in [5.41, 5.74) is 2.71. The van der Waals surface area contributed by atoms with Crippen molar-refractivity contribution >= 4 is 11.9 Å². The molecule has 1 aromatic heterocycles. The summed E-state index contributed by atoms with van der Waals surface area (Å²) in [5.74, 6) is -0.516. The van der Waals surface area contributed by atoms with E-state index in [-0.39, 0.29) is 5.56 Å². The van der Waals surface area contributed by atoms with Crippen molar-refractivity contribution in [3.63, 3.8) is 0 Å². The Bertz CT molecular complexity index is 898. The number of methoxy groups -OCH3 is 1. The summed E-state index contributed by atoms with van der Waals surface area (Å²) < 4.78 is 18.1. The molecule has 7 nitrogen and oxygen atoms in total. The highest BCUT2D eigenvalue weighted by molar-refractivity contribution is 5.99. The highest BCUT2D eigenvalue weighted by atomic mass is 16.6. The second-order valence-electron chi connectivity index (χ2n) is 6.34. The maximum Gasteiger partial charge on any atom is 0.339 e. The minimum atomic E-state index is -1.05. The highest BCUT2D eigenvalue weighted by Crippen LogP contribution is 2.40. The van der Waals surface area contributed by atoms with Crippen molar-refractivity contribution in [1.29, 1.82) is 0 Å². The zero-order valence-electron chi connectivity index (χ0n) is 14.4. The molecule has 4 rings (SSSR count). The van der Waals surface area contributed by atoms with Crippen molar-refractivity contribution in [2.24, 2.45) is 0 Å². The van der Waals surface area contributed by atoms with Gasteiger partial charge in [-0.15, -0.1) is 0 Å². The van der Waals surface area contributed by atoms with E-state index in [0.29, 0.717) is 41.5 Å². The average Bonchev–Trinajstić information content (AvgIpc) is 3.06. The van der Waals surface area contributed by atoms with Gasteiger partial charge in [-0.1, -0.05) is 0 Å². The van der Waals surface area contributed by atoms with Gasteiger partial charge in [-0.2, -0.15) is 0 Å². The summed E-state index contributed by atoms with van der Waals surface area (Å²) >= 11 is 0. The first-order valence-corrected chi connectivity index (χ1v) is 8.58. The zero-order valence-corrected chi connectivity index (χ0v) is 14.4. The van der Waals surface area contributed by atoms with Gasteiger partial charge in [0.2, 0.25) is 0 Å². The molecule has 2 aliphatic heterocycles. The number of carbonyl (C=O) groups excluding carboxylic acids is 1. The van der Waals surface area contributed by atoms with Gasteiger partial charge in [-0.05, 0) is 37.5 Å². The number of carboxylic acids is 1. The maximum atomic E-state index is 12.2. The Kier molecular flexibility index (Phi) is 4.06. The van der Waals surface area contributed by atoms with E-state index < -0.39 is 11.9 Å². The van der Waals surface area contributed by atoms with E-state index in [2.05, 4.69) is 0 Å². The maximum absolute atomic E-state index is 12.2. The van der Waals surface area contributed by atoms with Crippen LogP contribution < -0.4 is 9.47 Å². The SMILES string of the molecule is COC(=O)c1cc(-c2cc3c(cc2C(=O)O)OCCO3)n2c1CCCC2. The average molecular weight is 357 g/mol. The predicted molar refractivity (Wildman–Crippen MR) is 92.1 cm³/mol. The Morgan fingerprint density at radius 1 is 1.08 bits per heavy atom. The van der Waals surface area contributed by atoms with Gasteiger partial charge in [0, 0.05) is 17.8 Å². The molecule has 136 valence electrons. The van der Waals surface area contributed by atoms with Gasteiger partial charge < -0.3 is 23.9 Å². The number of esters is 1. The fourth-order valence-electron chi connectivity index (χ4n) is 3.66. The third-order valence-electron chi connectivity index (χ3n) is 4.85. The lowest BCUT2D eigenvalue weighted by molar-refractivity contribution is 0.0598. The van der Waals surface area contributed by atoms with Gasteiger partial charge in [0.15, 0.2) is 11.5 Å². The predicted octanol–water partition coefficient (Wildman–Crippen LogP) is 2.75. The van der Waals surface area contributed by atoms with Crippen LogP contribution in [-0.2, 0) is 17.7 Å². The Morgan fingerprint density at radius 3 is 2.50 bits per heavy atom. The molecule has 0 unspecified atom stereocenters. The highest BCUT2D eigenvalue weighted by Gasteiger charge is 2.27. The van der Waals surface area contributed by atoms with Crippen LogP contribution in [0.4, 0.5) is 0 Å². The van der Waals surface area contributed by atoms with Crippen molar-refractivity contribution in [3.05, 3.63) is 35.0 Å². The summed E-state index contributed by atoms with van der Waals surface area (Å²) in [4.78, 5) is 24.0. The van der Waals surface area contributed by atoms with E-state index in [1.54, 1.807) is 12.1 Å². The largest absolute Gasteiger partial charge is 0.486 e. The Balaban J connectivity index is 1.94. The molecule has 26 heavy (non-hydrogen) atoms. The van der Waals surface area contributed by atoms with Gasteiger partial charge >= 0.3 is 11.9 Å². The Morgan fingerprint density at radius 2 is 1.81 bits per heavy atom. The number of hydrogen-bond donors (Lipinski definition) is 1. The number of benzene rings is 1. The number of carboxylic acid groups (broad SMARTS) is 1. The van der Waals surface area contributed by atoms with Crippen LogP contribution in [0.25, 0.3) is 11.3 Å². The number of aromatic carboxylic acids is 1. The lowest BCUT2D eigenvalue weighted by Gasteiger charge is -2.22. The standard InChI is InChI=1S/C19H19NO6/c1-24-19(23)13-8-15(20-5-3-2-4-14(13)20)11-9-16-17(26-7-6-25-16)10-12(11)18(21)22/h8-10H,2-7H2,1H3,(H,21,22). The molecule has 2 aliphatic rings. The number of fused-ring (bicyclic) bond motifs is 2. The molecule has 2 aromatic rings. The van der Waals surface area contributed by atoms with Crippen molar-refractivity contribution in [2.75, 3.05) is 20.3 Å². The second kappa shape index (κ2) is 6.40. The first kappa shape index (κ1) is 16.5. The van der Waals surface area contributed by atoms with Gasteiger partial charge in [0.1, 0.15) is 13.2 Å². The van der Waals surface area contributed by atoms with Crippen molar-refractivity contribution < 1.29 is 28.9 Å². The quantitative estimate of drug-likeness (QED) is 0.850. The number of hydrogen-bond acceptors (Lipinski definition) is 5. The monoisotopic (exact) mass is 357 g/mol. The minimum Gasteiger partial charge on any atom is -0.486 e. The Labute approximate surface area is 150 Å². The summed E-state index contributed by atoms with van der Waals surface area (Å²) in [7, 11) is 1.35. The van der Waals surface area contributed by atoms with Crippen LogP contribution in [0.1, 0.15) is 39.3 Å². The first-order valence-electron chi connectivity index (χ1n) is 8.58. The number of rotatable bonds is 3. The first-order chi connectivity index (χ1) is 12.6. The number of ether oxygens (including phenoxy) is 3. The van der Waals surface area contributed by atoms with Crippen LogP contribution in [-0.4, -0.2) is 41.9 Å². The number of carbonyl (C=O) groups is 2. The van der Waals surface area contributed by atoms with Gasteiger partial charge in [0.05, 0.1) is 23.9 Å². The van der Waals surface area contributed by atoms with Crippen LogP contribution in [0.2, 0.25) is 0 Å². The molecule has 0 fully saturated rings. The molecule has 1 aromatic carbocycles. The molecule has 0 spiro atoms. The van der Waals surface area contributed by atoms with Crippen molar-refractivity contribution in [2.45, 2.75) is 25.8 Å². The van der Waals surface area contributed by atoms with Crippen molar-refractivity contribution in [1.82, 2.24) is 4.57 Å². The molecule has 0 bridgehead atoms. The van der Waals surface area contributed by atoms with Crippen molar-refractivity contribution in [3.8, 4) is 22.8 Å². The van der Waals surface area contributed by atoms with Gasteiger partial charge in [0.25, 0.3) is 0 Å². The van der Waals surface area contributed by atoms with Crippen LogP contribution in [0.15, 0.2) is 18.2 Å². The number of nitrogens with zero attached hydrogens (tertiary/aromatic N) is 1. The summed E-state index contributed by atoms with van der Waals surface area (Å²) in [6, 6.07) is 4.91. The molecule has 0 atom stereocenters. The molecule has 0 amide bonds. The Hall–Kier alpha value is -2.96. The summed E-state index contributed by atoms with van der Waals surface area (Å²) in [6.45, 7) is 1.53. The molecular formula is C19H19NO6. The zero-order chi connectivity index (χ0) is 18.3. The fourth-order valence-corrected chi connectivity index (χ4v) is 3.66. The molecular weight excluding hydrogens is 338 g/mol. The van der Waals surface area contributed by atoms with E-state index in [1.807, 2.05) is 4.57 Å². The molecule has 1 N–H and O–H groups in total. The summed E-state index contributed by atoms with van der Waals surface area (Å²) in [6.07, 6.45) is 2.72. The third kappa shape index (κ3) is 2.60. The van der Waals surface area contributed by atoms with E-state index >= 15 is 0 Å².